The Morgan fingerprint density at radius 1 is 1.28 bits per heavy atom. The van der Waals surface area contributed by atoms with E-state index in [-0.39, 0.29) is 6.10 Å². The number of piperazine rings is 1. The number of β-amino-alcohol motifs (C(OH)–C–C–N with tert-alkyl or cyclic N) is 1. The summed E-state index contributed by atoms with van der Waals surface area (Å²) in [4.78, 5) is 4.95. The third-order valence-electron chi connectivity index (χ3n) is 3.88. The van der Waals surface area contributed by atoms with Crippen molar-refractivity contribution in [1.82, 2.24) is 9.80 Å². The molecule has 0 amide bonds. The molecule has 2 heterocycles. The minimum absolute atomic E-state index is 0.380. The lowest BCUT2D eigenvalue weighted by Gasteiger charge is -2.38. The van der Waals surface area contributed by atoms with Crippen LogP contribution in [0.2, 0.25) is 0 Å². The van der Waals surface area contributed by atoms with E-state index in [2.05, 4.69) is 9.80 Å². The van der Waals surface area contributed by atoms with Gasteiger partial charge in [-0.15, -0.1) is 0 Å². The molecule has 0 bridgehead atoms. The monoisotopic (exact) mass is 258 g/mol. The van der Waals surface area contributed by atoms with E-state index >= 15 is 0 Å². The van der Waals surface area contributed by atoms with E-state index in [4.69, 9.17) is 9.47 Å². The Kier molecular flexibility index (Phi) is 5.85. The molecule has 0 aromatic rings. The summed E-state index contributed by atoms with van der Waals surface area (Å²) in [6.45, 7) is 6.90. The highest BCUT2D eigenvalue weighted by Crippen LogP contribution is 2.21. The molecule has 0 spiro atoms. The van der Waals surface area contributed by atoms with E-state index in [9.17, 15) is 5.11 Å². The second-order valence-electron chi connectivity index (χ2n) is 5.31. The lowest BCUT2D eigenvalue weighted by atomic mass is 10.1. The van der Waals surface area contributed by atoms with Crippen molar-refractivity contribution in [2.75, 3.05) is 59.7 Å². The molecular formula is C13H26N2O3. The van der Waals surface area contributed by atoms with Crippen molar-refractivity contribution in [2.24, 2.45) is 0 Å². The van der Waals surface area contributed by atoms with E-state index in [1.54, 1.807) is 7.11 Å². The molecule has 0 aliphatic carbocycles. The Morgan fingerprint density at radius 3 is 3.00 bits per heavy atom. The van der Waals surface area contributed by atoms with Crippen LogP contribution in [0.15, 0.2) is 0 Å². The topological polar surface area (TPSA) is 45.2 Å². The second-order valence-corrected chi connectivity index (χ2v) is 5.31. The van der Waals surface area contributed by atoms with Gasteiger partial charge in [-0.3, -0.25) is 9.80 Å². The lowest BCUT2D eigenvalue weighted by Crippen LogP contribution is -2.52. The fraction of sp³-hybridized carbons (Fsp3) is 1.00. The molecule has 0 aromatic heterocycles. The number of fused-ring (bicyclic) bond motifs is 1. The number of aliphatic hydroxyl groups excluding tert-OH is 1. The summed E-state index contributed by atoms with van der Waals surface area (Å²) in [5.41, 5.74) is 0. The smallest absolute Gasteiger partial charge is 0.0900 e. The zero-order valence-electron chi connectivity index (χ0n) is 11.4. The van der Waals surface area contributed by atoms with Gasteiger partial charge in [0.1, 0.15) is 0 Å². The highest BCUT2D eigenvalue weighted by Gasteiger charge is 2.30. The summed E-state index contributed by atoms with van der Waals surface area (Å²) in [5.74, 6) is 0. The molecule has 2 aliphatic rings. The third kappa shape index (κ3) is 4.17. The second kappa shape index (κ2) is 7.40. The summed E-state index contributed by atoms with van der Waals surface area (Å²) in [6.07, 6.45) is 2.27. The Bertz CT molecular complexity index is 240. The minimum Gasteiger partial charge on any atom is -0.389 e. The third-order valence-corrected chi connectivity index (χ3v) is 3.88. The van der Waals surface area contributed by atoms with Crippen LogP contribution in [-0.4, -0.2) is 86.7 Å². The van der Waals surface area contributed by atoms with Crippen LogP contribution in [0.25, 0.3) is 0 Å². The van der Waals surface area contributed by atoms with Crippen molar-refractivity contribution in [3.05, 3.63) is 0 Å². The lowest BCUT2D eigenvalue weighted by molar-refractivity contribution is -0.0104. The maximum absolute atomic E-state index is 9.92. The molecule has 1 N–H and O–H groups in total. The summed E-state index contributed by atoms with van der Waals surface area (Å²) >= 11 is 0. The van der Waals surface area contributed by atoms with Crippen LogP contribution in [0.4, 0.5) is 0 Å². The van der Waals surface area contributed by atoms with Crippen molar-refractivity contribution in [2.45, 2.75) is 25.0 Å². The first-order valence-electron chi connectivity index (χ1n) is 7.00. The van der Waals surface area contributed by atoms with Gasteiger partial charge < -0.3 is 14.6 Å². The summed E-state index contributed by atoms with van der Waals surface area (Å²) < 4.78 is 10.3. The molecule has 0 saturated carbocycles. The quantitative estimate of drug-likeness (QED) is 0.640. The fourth-order valence-corrected chi connectivity index (χ4v) is 2.93. The fourth-order valence-electron chi connectivity index (χ4n) is 2.93. The Hall–Kier alpha value is -0.200. The van der Waals surface area contributed by atoms with Crippen molar-refractivity contribution in [1.29, 1.82) is 0 Å². The molecule has 2 rings (SSSR count). The predicted molar refractivity (Wildman–Crippen MR) is 69.7 cm³/mol. The Morgan fingerprint density at radius 2 is 2.17 bits per heavy atom. The first-order valence-corrected chi connectivity index (χ1v) is 7.00. The zero-order valence-corrected chi connectivity index (χ0v) is 11.4. The van der Waals surface area contributed by atoms with Gasteiger partial charge >= 0.3 is 0 Å². The van der Waals surface area contributed by atoms with Crippen LogP contribution in [0.1, 0.15) is 12.8 Å². The Labute approximate surface area is 110 Å². The molecule has 5 nitrogen and oxygen atoms in total. The van der Waals surface area contributed by atoms with Crippen LogP contribution < -0.4 is 0 Å². The molecule has 2 saturated heterocycles. The SMILES string of the molecule is COCCOCC(O)CN1CCN2CCCC2C1. The van der Waals surface area contributed by atoms with Gasteiger partial charge in [-0.2, -0.15) is 0 Å². The van der Waals surface area contributed by atoms with Gasteiger partial charge in [0.25, 0.3) is 0 Å². The number of hydrogen-bond acceptors (Lipinski definition) is 5. The standard InChI is InChI=1S/C13H26N2O3/c1-17-7-8-18-11-13(16)10-14-5-6-15-4-2-3-12(15)9-14/h12-13,16H,2-11H2,1H3. The molecule has 2 fully saturated rings. The van der Waals surface area contributed by atoms with Gasteiger partial charge in [0.2, 0.25) is 0 Å². The van der Waals surface area contributed by atoms with Crippen molar-refractivity contribution < 1.29 is 14.6 Å². The molecule has 2 aliphatic heterocycles. The van der Waals surface area contributed by atoms with Crippen LogP contribution in [-0.2, 0) is 9.47 Å². The molecule has 106 valence electrons. The van der Waals surface area contributed by atoms with Crippen LogP contribution >= 0.6 is 0 Å². The highest BCUT2D eigenvalue weighted by atomic mass is 16.5. The van der Waals surface area contributed by atoms with Crippen LogP contribution in [0.5, 0.6) is 0 Å². The molecule has 2 unspecified atom stereocenters. The van der Waals surface area contributed by atoms with Gasteiger partial charge in [0.05, 0.1) is 25.9 Å². The van der Waals surface area contributed by atoms with Gasteiger partial charge in [-0.1, -0.05) is 0 Å². The molecule has 0 aromatic carbocycles. The number of rotatable bonds is 7. The molecule has 2 atom stereocenters. The summed E-state index contributed by atoms with van der Waals surface area (Å²) in [6, 6.07) is 0.723. The van der Waals surface area contributed by atoms with Crippen LogP contribution in [0.3, 0.4) is 0 Å². The number of aliphatic hydroxyl groups is 1. The average Bonchev–Trinajstić information content (AvgIpc) is 2.82. The average molecular weight is 258 g/mol. The molecular weight excluding hydrogens is 232 g/mol. The molecule has 5 heteroatoms. The number of nitrogens with zero attached hydrogens (tertiary/aromatic N) is 2. The zero-order chi connectivity index (χ0) is 12.8. The maximum Gasteiger partial charge on any atom is 0.0900 e. The van der Waals surface area contributed by atoms with E-state index in [0.29, 0.717) is 19.8 Å². The van der Waals surface area contributed by atoms with Crippen molar-refractivity contribution in [3.8, 4) is 0 Å². The van der Waals surface area contributed by atoms with E-state index in [1.807, 2.05) is 0 Å². The van der Waals surface area contributed by atoms with Crippen molar-refractivity contribution >= 4 is 0 Å². The number of hydrogen-bond donors (Lipinski definition) is 1. The number of methoxy groups -OCH3 is 1. The van der Waals surface area contributed by atoms with Gasteiger partial charge in [0.15, 0.2) is 0 Å². The highest BCUT2D eigenvalue weighted by molar-refractivity contribution is 4.87. The molecule has 18 heavy (non-hydrogen) atoms. The van der Waals surface area contributed by atoms with E-state index < -0.39 is 0 Å². The minimum atomic E-state index is -0.380. The maximum atomic E-state index is 9.92. The van der Waals surface area contributed by atoms with Gasteiger partial charge in [-0.25, -0.2) is 0 Å². The van der Waals surface area contributed by atoms with Gasteiger partial charge in [-0.05, 0) is 19.4 Å². The first-order chi connectivity index (χ1) is 8.79. The van der Waals surface area contributed by atoms with E-state index in [1.165, 1.54) is 19.4 Å². The summed E-state index contributed by atoms with van der Waals surface area (Å²) in [7, 11) is 1.65. The van der Waals surface area contributed by atoms with Crippen molar-refractivity contribution in [3.63, 3.8) is 0 Å². The van der Waals surface area contributed by atoms with Crippen LogP contribution in [0, 0.1) is 0 Å². The molecule has 0 radical (unpaired) electrons. The number of ether oxygens (including phenoxy) is 2. The van der Waals surface area contributed by atoms with Gasteiger partial charge in [0, 0.05) is 39.3 Å². The largest absolute Gasteiger partial charge is 0.389 e. The summed E-state index contributed by atoms with van der Waals surface area (Å²) in [5, 5.41) is 9.92. The first kappa shape index (κ1) is 14.2. The predicted octanol–water partition coefficient (Wildman–Crippen LogP) is -0.210. The normalized spacial score (nSPS) is 27.3. The van der Waals surface area contributed by atoms with E-state index in [0.717, 1.165) is 32.2 Å². The Balaban J connectivity index is 1.60.